The summed E-state index contributed by atoms with van der Waals surface area (Å²) in [6, 6.07) is 0. The van der Waals surface area contributed by atoms with Crippen LogP contribution < -0.4 is 0 Å². The highest BCUT2D eigenvalue weighted by atomic mass is 16.4. The third-order valence-corrected chi connectivity index (χ3v) is 1.38. The quantitative estimate of drug-likeness (QED) is 0.504. The van der Waals surface area contributed by atoms with E-state index in [1.54, 1.807) is 0 Å². The van der Waals surface area contributed by atoms with Gasteiger partial charge in [-0.1, -0.05) is 0 Å². The van der Waals surface area contributed by atoms with Gasteiger partial charge in [0.05, 0.1) is 0 Å². The average molecular weight is 129 g/mol. The van der Waals surface area contributed by atoms with Gasteiger partial charge in [0.15, 0.2) is 5.41 Å². The number of aliphatic carboxylic acids is 2. The summed E-state index contributed by atoms with van der Waals surface area (Å²) in [5, 5.41) is 16.5. The molecule has 0 saturated heterocycles. The lowest BCUT2D eigenvalue weighted by Gasteiger charge is -1.98. The minimum Gasteiger partial charge on any atom is -0.480 e. The smallest absolute Gasteiger partial charge is 0.321 e. The molecule has 2 N–H and O–H groups in total. The first-order chi connectivity index (χ1) is 4.09. The Balaban J connectivity index is 2.75. The lowest BCUT2D eigenvalue weighted by Crippen LogP contribution is -2.24. The molecule has 0 aliphatic heterocycles. The van der Waals surface area contributed by atoms with Crippen LogP contribution in [0.25, 0.3) is 0 Å². The highest BCUT2D eigenvalue weighted by molar-refractivity contribution is 6.04. The number of rotatable bonds is 2. The molecule has 0 aromatic carbocycles. The lowest BCUT2D eigenvalue weighted by atomic mass is 10.1. The largest absolute Gasteiger partial charge is 0.480 e. The molecule has 4 heteroatoms. The van der Waals surface area contributed by atoms with Gasteiger partial charge in [0.2, 0.25) is 0 Å². The maximum absolute atomic E-state index is 10.1. The summed E-state index contributed by atoms with van der Waals surface area (Å²) in [5.74, 6) is -2.54. The third-order valence-electron chi connectivity index (χ3n) is 1.38. The van der Waals surface area contributed by atoms with Crippen LogP contribution in [-0.2, 0) is 9.59 Å². The Morgan fingerprint density at radius 2 is 1.67 bits per heavy atom. The molecular weight excluding hydrogens is 124 g/mol. The molecule has 1 saturated carbocycles. The van der Waals surface area contributed by atoms with Gasteiger partial charge in [-0.05, 0) is 12.8 Å². The van der Waals surface area contributed by atoms with E-state index < -0.39 is 17.4 Å². The van der Waals surface area contributed by atoms with Crippen molar-refractivity contribution in [3.63, 3.8) is 0 Å². The van der Waals surface area contributed by atoms with Gasteiger partial charge in [0.1, 0.15) is 0 Å². The van der Waals surface area contributed by atoms with Crippen molar-refractivity contribution in [1.82, 2.24) is 0 Å². The van der Waals surface area contributed by atoms with Gasteiger partial charge in [-0.15, -0.1) is 0 Å². The highest BCUT2D eigenvalue weighted by Crippen LogP contribution is 2.44. The Morgan fingerprint density at radius 1 is 1.33 bits per heavy atom. The summed E-state index contributed by atoms with van der Waals surface area (Å²) in [7, 11) is 0. The zero-order valence-corrected chi connectivity index (χ0v) is 4.50. The van der Waals surface area contributed by atoms with Crippen molar-refractivity contribution in [2.45, 2.75) is 6.42 Å². The molecule has 1 rings (SSSR count). The van der Waals surface area contributed by atoms with Crippen molar-refractivity contribution in [3.05, 3.63) is 6.42 Å². The molecule has 0 aromatic rings. The van der Waals surface area contributed by atoms with Crippen LogP contribution in [0.1, 0.15) is 6.42 Å². The Hall–Kier alpha value is -1.06. The van der Waals surface area contributed by atoms with Crippen molar-refractivity contribution in [2.75, 3.05) is 0 Å². The Bertz CT molecular complexity index is 152. The SMILES string of the molecule is O=C(O)C1(C(=O)O)[CH]C1. The maximum Gasteiger partial charge on any atom is 0.321 e. The van der Waals surface area contributed by atoms with Crippen molar-refractivity contribution in [3.8, 4) is 0 Å². The second-order valence-electron chi connectivity index (χ2n) is 1.99. The fourth-order valence-corrected chi connectivity index (χ4v) is 0.543. The van der Waals surface area contributed by atoms with E-state index in [1.165, 1.54) is 6.42 Å². The topological polar surface area (TPSA) is 74.6 Å². The number of carbonyl (C=O) groups is 2. The van der Waals surface area contributed by atoms with Gasteiger partial charge in [0.25, 0.3) is 0 Å². The van der Waals surface area contributed by atoms with Crippen LogP contribution in [0.5, 0.6) is 0 Å². The molecule has 0 spiro atoms. The lowest BCUT2D eigenvalue weighted by molar-refractivity contribution is -0.155. The van der Waals surface area contributed by atoms with Gasteiger partial charge in [-0.3, -0.25) is 9.59 Å². The molecule has 9 heavy (non-hydrogen) atoms. The van der Waals surface area contributed by atoms with Crippen molar-refractivity contribution < 1.29 is 19.8 Å². The van der Waals surface area contributed by atoms with Crippen LogP contribution >= 0.6 is 0 Å². The van der Waals surface area contributed by atoms with Crippen LogP contribution in [0.4, 0.5) is 0 Å². The van der Waals surface area contributed by atoms with Crippen LogP contribution in [0, 0.1) is 11.8 Å². The van der Waals surface area contributed by atoms with E-state index in [0.717, 1.165) is 0 Å². The van der Waals surface area contributed by atoms with Crippen LogP contribution in [0.3, 0.4) is 0 Å². The summed E-state index contributed by atoms with van der Waals surface area (Å²) in [5.41, 5.74) is -1.54. The Kier molecular flexibility index (Phi) is 0.986. The molecule has 0 bridgehead atoms. The molecule has 0 atom stereocenters. The van der Waals surface area contributed by atoms with Crippen molar-refractivity contribution in [2.24, 2.45) is 5.41 Å². The van der Waals surface area contributed by atoms with E-state index in [9.17, 15) is 9.59 Å². The first kappa shape index (κ1) is 6.07. The zero-order chi connectivity index (χ0) is 7.07. The number of hydrogen-bond donors (Lipinski definition) is 2. The molecule has 1 radical (unpaired) electrons. The van der Waals surface area contributed by atoms with Gasteiger partial charge in [0, 0.05) is 0 Å². The number of carboxylic acid groups (broad SMARTS) is 2. The molecule has 0 heterocycles. The van der Waals surface area contributed by atoms with E-state index in [2.05, 4.69) is 0 Å². The molecule has 0 aromatic heterocycles. The van der Waals surface area contributed by atoms with Crippen LogP contribution in [0.15, 0.2) is 0 Å². The summed E-state index contributed by atoms with van der Waals surface area (Å²) in [6.07, 6.45) is 1.41. The van der Waals surface area contributed by atoms with E-state index in [1.807, 2.05) is 0 Å². The molecule has 49 valence electrons. The molecule has 0 unspecified atom stereocenters. The van der Waals surface area contributed by atoms with Crippen molar-refractivity contribution >= 4 is 11.9 Å². The summed E-state index contributed by atoms with van der Waals surface area (Å²) >= 11 is 0. The monoisotopic (exact) mass is 129 g/mol. The van der Waals surface area contributed by atoms with Crippen LogP contribution in [-0.4, -0.2) is 22.2 Å². The summed E-state index contributed by atoms with van der Waals surface area (Å²) in [4.78, 5) is 20.2. The standard InChI is InChI=1S/C5H5O4/c6-3(7)5(1-2-5)4(8)9/h1H,2H2,(H,6,7)(H,8,9). The molecular formula is C5H5O4. The number of carboxylic acids is 2. The van der Waals surface area contributed by atoms with Gasteiger partial charge in [-0.25, -0.2) is 0 Å². The van der Waals surface area contributed by atoms with E-state index in [4.69, 9.17) is 10.2 Å². The first-order valence-electron chi connectivity index (χ1n) is 2.41. The predicted molar refractivity (Wildman–Crippen MR) is 26.6 cm³/mol. The summed E-state index contributed by atoms with van der Waals surface area (Å²) < 4.78 is 0. The molecule has 1 fully saturated rings. The normalized spacial score (nSPS) is 20.9. The average Bonchev–Trinajstić information content (AvgIpc) is 2.40. The third kappa shape index (κ3) is 0.667. The predicted octanol–water partition coefficient (Wildman–Crippen LogP) is -0.250. The molecule has 1 aliphatic carbocycles. The molecule has 1 aliphatic rings. The van der Waals surface area contributed by atoms with E-state index in [-0.39, 0.29) is 6.42 Å². The fraction of sp³-hybridized carbons (Fsp3) is 0.400. The minimum absolute atomic E-state index is 0.150. The van der Waals surface area contributed by atoms with Gasteiger partial charge >= 0.3 is 11.9 Å². The highest BCUT2D eigenvalue weighted by Gasteiger charge is 2.58. The Morgan fingerprint density at radius 3 is 1.67 bits per heavy atom. The van der Waals surface area contributed by atoms with Crippen molar-refractivity contribution in [1.29, 1.82) is 0 Å². The van der Waals surface area contributed by atoms with Gasteiger partial charge in [-0.2, -0.15) is 0 Å². The second kappa shape index (κ2) is 1.46. The first-order valence-corrected chi connectivity index (χ1v) is 2.41. The minimum atomic E-state index is -1.54. The fourth-order valence-electron chi connectivity index (χ4n) is 0.543. The van der Waals surface area contributed by atoms with E-state index in [0.29, 0.717) is 0 Å². The second-order valence-corrected chi connectivity index (χ2v) is 1.99. The molecule has 0 amide bonds. The zero-order valence-electron chi connectivity index (χ0n) is 4.50. The Labute approximate surface area is 51.1 Å². The van der Waals surface area contributed by atoms with E-state index >= 15 is 0 Å². The molecule has 4 nitrogen and oxygen atoms in total. The van der Waals surface area contributed by atoms with Crippen LogP contribution in [0.2, 0.25) is 0 Å². The summed E-state index contributed by atoms with van der Waals surface area (Å²) in [6.45, 7) is 0. The maximum atomic E-state index is 10.1. The van der Waals surface area contributed by atoms with Gasteiger partial charge < -0.3 is 10.2 Å². The number of hydrogen-bond acceptors (Lipinski definition) is 2.